The number of nitrogens with zero attached hydrogens (tertiary/aromatic N) is 1. The van der Waals surface area contributed by atoms with Crippen LogP contribution in [-0.2, 0) is 26.0 Å². The monoisotopic (exact) mass is 486 g/mol. The van der Waals surface area contributed by atoms with Gasteiger partial charge in [-0.05, 0) is 55.0 Å². The van der Waals surface area contributed by atoms with Crippen LogP contribution >= 0.6 is 0 Å². The van der Waals surface area contributed by atoms with E-state index in [0.717, 1.165) is 18.4 Å². The van der Waals surface area contributed by atoms with Crippen LogP contribution in [-0.4, -0.2) is 47.1 Å². The number of ether oxygens (including phenoxy) is 2. The summed E-state index contributed by atoms with van der Waals surface area (Å²) in [5.41, 5.74) is 1.55. The van der Waals surface area contributed by atoms with Crippen LogP contribution in [0.1, 0.15) is 48.0 Å². The lowest BCUT2D eigenvalue weighted by molar-refractivity contribution is -0.124. The summed E-state index contributed by atoms with van der Waals surface area (Å²) in [5, 5.41) is 2.82. The van der Waals surface area contributed by atoms with Crippen LogP contribution in [0.2, 0.25) is 0 Å². The predicted octanol–water partition coefficient (Wildman–Crippen LogP) is 3.30. The van der Waals surface area contributed by atoms with Gasteiger partial charge in [0.05, 0.1) is 17.7 Å². The molecule has 1 heterocycles. The molecule has 0 atom stereocenters. The molecule has 34 heavy (non-hydrogen) atoms. The van der Waals surface area contributed by atoms with Gasteiger partial charge >= 0.3 is 5.97 Å². The number of rotatable bonds is 8. The highest BCUT2D eigenvalue weighted by Gasteiger charge is 2.32. The average molecular weight is 487 g/mol. The normalized spacial score (nSPS) is 16.1. The van der Waals surface area contributed by atoms with Gasteiger partial charge in [0.1, 0.15) is 11.3 Å². The van der Waals surface area contributed by atoms with Crippen molar-refractivity contribution in [2.24, 2.45) is 5.92 Å². The van der Waals surface area contributed by atoms with E-state index >= 15 is 0 Å². The number of anilines is 1. The maximum absolute atomic E-state index is 13.3. The second-order valence-electron chi connectivity index (χ2n) is 8.70. The topological polar surface area (TPSA) is 102 Å². The zero-order valence-electron chi connectivity index (χ0n) is 19.3. The van der Waals surface area contributed by atoms with Gasteiger partial charge in [-0.15, -0.1) is 0 Å². The third-order valence-corrected chi connectivity index (χ3v) is 8.28. The molecule has 1 aliphatic heterocycles. The maximum atomic E-state index is 13.3. The lowest BCUT2D eigenvalue weighted by Gasteiger charge is -2.21. The van der Waals surface area contributed by atoms with Crippen molar-refractivity contribution >= 4 is 27.6 Å². The molecule has 1 aliphatic carbocycles. The number of fused-ring (bicyclic) bond motifs is 1. The average Bonchev–Trinajstić information content (AvgIpc) is 3.31. The number of esters is 1. The van der Waals surface area contributed by atoms with E-state index < -0.39 is 22.6 Å². The Morgan fingerprint density at radius 2 is 1.85 bits per heavy atom. The fourth-order valence-electron chi connectivity index (χ4n) is 4.60. The van der Waals surface area contributed by atoms with Crippen LogP contribution in [0.5, 0.6) is 5.75 Å². The minimum atomic E-state index is -3.89. The first-order valence-corrected chi connectivity index (χ1v) is 13.1. The molecular weight excluding hydrogens is 456 g/mol. The van der Waals surface area contributed by atoms with Crippen molar-refractivity contribution in [1.29, 1.82) is 0 Å². The van der Waals surface area contributed by atoms with Gasteiger partial charge in [-0.2, -0.15) is 0 Å². The zero-order chi connectivity index (χ0) is 24.1. The molecule has 2 aromatic rings. The number of sulfonamides is 1. The van der Waals surface area contributed by atoms with Crippen molar-refractivity contribution in [3.63, 3.8) is 0 Å². The first kappa shape index (κ1) is 24.1. The van der Waals surface area contributed by atoms with Crippen molar-refractivity contribution in [1.82, 2.24) is 5.32 Å². The minimum absolute atomic E-state index is 0.0429. The Kier molecular flexibility index (Phi) is 7.41. The summed E-state index contributed by atoms with van der Waals surface area (Å²) in [6.45, 7) is 0.463. The molecule has 0 radical (unpaired) electrons. The van der Waals surface area contributed by atoms with E-state index in [1.165, 1.54) is 48.9 Å². The summed E-state index contributed by atoms with van der Waals surface area (Å²) < 4.78 is 38.5. The molecule has 182 valence electrons. The Hall–Kier alpha value is -3.07. The Bertz CT molecular complexity index is 1160. The molecule has 1 N–H and O–H groups in total. The molecular formula is C25H30N2O6S. The first-order valence-electron chi connectivity index (χ1n) is 11.6. The standard InChI is InChI=1S/C25H30N2O6S/c1-32-23-12-11-20(34(30,31)27-14-13-19-9-5-6-10-22(19)27)15-21(23)25(29)33-17-24(28)26-16-18-7-3-2-4-8-18/h5-6,9-12,15,18H,2-4,7-8,13-14,16-17H2,1H3,(H,26,28). The van der Waals surface area contributed by atoms with Gasteiger partial charge in [-0.25, -0.2) is 13.2 Å². The van der Waals surface area contributed by atoms with E-state index in [-0.39, 0.29) is 22.1 Å². The quantitative estimate of drug-likeness (QED) is 0.575. The van der Waals surface area contributed by atoms with Crippen LogP contribution < -0.4 is 14.4 Å². The van der Waals surface area contributed by atoms with Gasteiger partial charge in [0.2, 0.25) is 0 Å². The number of carbonyl (C=O) groups excluding carboxylic acids is 2. The van der Waals surface area contributed by atoms with E-state index in [0.29, 0.717) is 31.1 Å². The van der Waals surface area contributed by atoms with Gasteiger partial charge < -0.3 is 14.8 Å². The number of carbonyl (C=O) groups is 2. The van der Waals surface area contributed by atoms with Gasteiger partial charge in [0, 0.05) is 13.1 Å². The summed E-state index contributed by atoms with van der Waals surface area (Å²) in [4.78, 5) is 24.9. The molecule has 0 aromatic heterocycles. The van der Waals surface area contributed by atoms with Gasteiger partial charge in [-0.1, -0.05) is 37.5 Å². The third-order valence-electron chi connectivity index (χ3n) is 6.47. The van der Waals surface area contributed by atoms with Crippen molar-refractivity contribution in [2.45, 2.75) is 43.4 Å². The maximum Gasteiger partial charge on any atom is 0.342 e. The van der Waals surface area contributed by atoms with E-state index in [1.54, 1.807) is 12.1 Å². The molecule has 1 saturated carbocycles. The summed E-state index contributed by atoms with van der Waals surface area (Å²) in [6.07, 6.45) is 6.41. The van der Waals surface area contributed by atoms with Crippen LogP contribution in [0.15, 0.2) is 47.4 Å². The van der Waals surface area contributed by atoms with Gasteiger partial charge in [0.15, 0.2) is 6.61 Å². The number of hydrogen-bond donors (Lipinski definition) is 1. The van der Waals surface area contributed by atoms with Crippen LogP contribution in [0.25, 0.3) is 0 Å². The highest BCUT2D eigenvalue weighted by molar-refractivity contribution is 7.92. The van der Waals surface area contributed by atoms with Crippen LogP contribution in [0.3, 0.4) is 0 Å². The molecule has 8 nitrogen and oxygen atoms in total. The molecule has 0 unspecified atom stereocenters. The van der Waals surface area contributed by atoms with E-state index in [4.69, 9.17) is 9.47 Å². The fourth-order valence-corrected chi connectivity index (χ4v) is 6.13. The van der Waals surface area contributed by atoms with E-state index in [1.807, 2.05) is 12.1 Å². The smallest absolute Gasteiger partial charge is 0.342 e. The highest BCUT2D eigenvalue weighted by atomic mass is 32.2. The van der Waals surface area contributed by atoms with E-state index in [9.17, 15) is 18.0 Å². The van der Waals surface area contributed by atoms with Gasteiger partial charge in [-0.3, -0.25) is 9.10 Å². The molecule has 1 amide bonds. The SMILES string of the molecule is COc1ccc(S(=O)(=O)N2CCc3ccccc32)cc1C(=O)OCC(=O)NCC1CCCCC1. The summed E-state index contributed by atoms with van der Waals surface area (Å²) in [7, 11) is -2.51. The Balaban J connectivity index is 1.44. The number of benzene rings is 2. The second-order valence-corrected chi connectivity index (χ2v) is 10.6. The highest BCUT2D eigenvalue weighted by Crippen LogP contribution is 2.34. The molecule has 0 bridgehead atoms. The molecule has 9 heteroatoms. The van der Waals surface area contributed by atoms with Crippen molar-refractivity contribution in [3.8, 4) is 5.75 Å². The number of para-hydroxylation sites is 1. The number of nitrogens with one attached hydrogen (secondary N) is 1. The summed E-state index contributed by atoms with van der Waals surface area (Å²) >= 11 is 0. The van der Waals surface area contributed by atoms with E-state index in [2.05, 4.69) is 5.32 Å². The predicted molar refractivity (Wildman–Crippen MR) is 128 cm³/mol. The van der Waals surface area contributed by atoms with Crippen LogP contribution in [0, 0.1) is 5.92 Å². The van der Waals surface area contributed by atoms with Crippen molar-refractivity contribution < 1.29 is 27.5 Å². The van der Waals surface area contributed by atoms with Crippen molar-refractivity contribution in [3.05, 3.63) is 53.6 Å². The molecule has 1 fully saturated rings. The lowest BCUT2D eigenvalue weighted by atomic mass is 9.89. The third kappa shape index (κ3) is 5.19. The molecule has 2 aliphatic rings. The lowest BCUT2D eigenvalue weighted by Crippen LogP contribution is -2.33. The second kappa shape index (κ2) is 10.5. The first-order chi connectivity index (χ1) is 16.4. The number of hydrogen-bond acceptors (Lipinski definition) is 6. The summed E-state index contributed by atoms with van der Waals surface area (Å²) in [6, 6.07) is 11.4. The summed E-state index contributed by atoms with van der Waals surface area (Å²) in [5.74, 6) is -0.557. The Morgan fingerprint density at radius 1 is 1.09 bits per heavy atom. The molecule has 0 saturated heterocycles. The molecule has 4 rings (SSSR count). The minimum Gasteiger partial charge on any atom is -0.496 e. The fraction of sp³-hybridized carbons (Fsp3) is 0.440. The Morgan fingerprint density at radius 3 is 2.62 bits per heavy atom. The largest absolute Gasteiger partial charge is 0.496 e. The molecule has 2 aromatic carbocycles. The van der Waals surface area contributed by atoms with Gasteiger partial charge in [0.25, 0.3) is 15.9 Å². The molecule has 0 spiro atoms. The van der Waals surface area contributed by atoms with Crippen molar-refractivity contribution in [2.75, 3.05) is 31.1 Å². The van der Waals surface area contributed by atoms with Crippen LogP contribution in [0.4, 0.5) is 5.69 Å². The number of methoxy groups -OCH3 is 1. The number of amides is 1. The Labute approximate surface area is 200 Å². The zero-order valence-corrected chi connectivity index (χ0v) is 20.1.